The average Bonchev–Trinajstić information content (AvgIpc) is 2.70. The molecule has 0 fully saturated rings. The van der Waals surface area contributed by atoms with E-state index in [0.717, 1.165) is 17.9 Å². The second-order valence-electron chi connectivity index (χ2n) is 6.95. The summed E-state index contributed by atoms with van der Waals surface area (Å²) in [6, 6.07) is 6.15. The summed E-state index contributed by atoms with van der Waals surface area (Å²) in [5.74, 6) is 0.436. The van der Waals surface area contributed by atoms with Gasteiger partial charge in [-0.05, 0) is 31.1 Å². The van der Waals surface area contributed by atoms with Gasteiger partial charge in [0.1, 0.15) is 6.61 Å². The van der Waals surface area contributed by atoms with Crippen LogP contribution in [0.25, 0.3) is 0 Å². The third-order valence-corrected chi connectivity index (χ3v) is 5.94. The number of nitrogens with zero attached hydrogens (tertiary/aromatic N) is 1. The van der Waals surface area contributed by atoms with Crippen LogP contribution in [0.5, 0.6) is 0 Å². The van der Waals surface area contributed by atoms with E-state index in [1.54, 1.807) is 30.8 Å². The van der Waals surface area contributed by atoms with E-state index in [-0.39, 0.29) is 18.1 Å². The van der Waals surface area contributed by atoms with Crippen molar-refractivity contribution in [3.63, 3.8) is 0 Å². The van der Waals surface area contributed by atoms with Crippen molar-refractivity contribution >= 4 is 29.2 Å². The Morgan fingerprint density at radius 3 is 2.90 bits per heavy atom. The summed E-state index contributed by atoms with van der Waals surface area (Å²) in [5.41, 5.74) is 2.78. The number of nitro groups is 1. The molecule has 3 rings (SSSR count). The number of nitrogens with one attached hydrogen (secondary N) is 1. The maximum absolute atomic E-state index is 13.0. The Labute approximate surface area is 173 Å². The number of dihydropyridines is 1. The lowest BCUT2D eigenvalue weighted by molar-refractivity contribution is -0.384. The van der Waals surface area contributed by atoms with Gasteiger partial charge in [0, 0.05) is 47.2 Å². The SMILES string of the molecule is CCSCCOC(=O)C1=C(C)NC2=C(C(=O)CCC2)C1c1cccc([N+](=O)[O-])c1. The molecule has 1 unspecified atom stereocenters. The van der Waals surface area contributed by atoms with Gasteiger partial charge in [-0.2, -0.15) is 11.8 Å². The first-order valence-corrected chi connectivity index (χ1v) is 10.8. The number of non-ortho nitro benzene ring substituents is 1. The Kier molecular flexibility index (Phi) is 6.74. The van der Waals surface area contributed by atoms with Crippen molar-refractivity contribution in [1.82, 2.24) is 5.32 Å². The number of carbonyl (C=O) groups excluding carboxylic acids is 2. The molecule has 1 aromatic carbocycles. The predicted octanol–water partition coefficient (Wildman–Crippen LogP) is 3.86. The van der Waals surface area contributed by atoms with Gasteiger partial charge in [-0.15, -0.1) is 0 Å². The summed E-state index contributed by atoms with van der Waals surface area (Å²) < 4.78 is 5.47. The van der Waals surface area contributed by atoms with E-state index in [1.807, 2.05) is 6.92 Å². The van der Waals surface area contributed by atoms with Gasteiger partial charge in [-0.3, -0.25) is 14.9 Å². The molecular weight excluding hydrogens is 392 g/mol. The number of Topliss-reactive ketones (excluding diaryl/α,β-unsaturated/α-hetero) is 1. The molecular formula is C21H24N2O5S. The second kappa shape index (κ2) is 9.26. The number of esters is 1. The summed E-state index contributed by atoms with van der Waals surface area (Å²) in [4.78, 5) is 36.6. The highest BCUT2D eigenvalue weighted by molar-refractivity contribution is 7.99. The summed E-state index contributed by atoms with van der Waals surface area (Å²) in [5, 5.41) is 14.5. The maximum atomic E-state index is 13.0. The lowest BCUT2D eigenvalue weighted by Gasteiger charge is -2.34. The third-order valence-electron chi connectivity index (χ3n) is 5.08. The van der Waals surface area contributed by atoms with Gasteiger partial charge in [0.25, 0.3) is 5.69 Å². The molecule has 1 aromatic rings. The quantitative estimate of drug-likeness (QED) is 0.312. The van der Waals surface area contributed by atoms with Crippen LogP contribution in [0, 0.1) is 10.1 Å². The Morgan fingerprint density at radius 1 is 1.38 bits per heavy atom. The molecule has 0 spiro atoms. The molecule has 0 saturated heterocycles. The molecule has 7 nitrogen and oxygen atoms in total. The van der Waals surface area contributed by atoms with Crippen LogP contribution in [0.1, 0.15) is 44.6 Å². The van der Waals surface area contributed by atoms with E-state index in [1.165, 1.54) is 12.1 Å². The molecule has 2 aliphatic rings. The minimum atomic E-state index is -0.662. The highest BCUT2D eigenvalue weighted by Crippen LogP contribution is 2.43. The Hall–Kier alpha value is -2.61. The zero-order chi connectivity index (χ0) is 21.0. The summed E-state index contributed by atoms with van der Waals surface area (Å²) >= 11 is 1.67. The van der Waals surface area contributed by atoms with Crippen LogP contribution < -0.4 is 5.32 Å². The third kappa shape index (κ3) is 4.53. The Bertz CT molecular complexity index is 906. The first-order chi connectivity index (χ1) is 13.9. The molecule has 1 aliphatic carbocycles. The lowest BCUT2D eigenvalue weighted by Crippen LogP contribution is -2.34. The summed E-state index contributed by atoms with van der Waals surface area (Å²) in [6.45, 7) is 4.09. The van der Waals surface area contributed by atoms with Crippen LogP contribution in [0.15, 0.2) is 46.8 Å². The number of hydrogen-bond donors (Lipinski definition) is 1. The molecule has 29 heavy (non-hydrogen) atoms. The van der Waals surface area contributed by atoms with Crippen molar-refractivity contribution in [2.24, 2.45) is 0 Å². The first kappa shape index (κ1) is 21.1. The molecule has 8 heteroatoms. The summed E-state index contributed by atoms with van der Waals surface area (Å²) in [7, 11) is 0. The molecule has 0 radical (unpaired) electrons. The van der Waals surface area contributed by atoms with E-state index >= 15 is 0 Å². The number of nitro benzene ring substituents is 1. The molecule has 1 heterocycles. The predicted molar refractivity (Wildman–Crippen MR) is 112 cm³/mol. The van der Waals surface area contributed by atoms with Crippen molar-refractivity contribution in [1.29, 1.82) is 0 Å². The van der Waals surface area contributed by atoms with Crippen molar-refractivity contribution in [3.05, 3.63) is 62.5 Å². The van der Waals surface area contributed by atoms with Gasteiger partial charge in [0.2, 0.25) is 0 Å². The van der Waals surface area contributed by atoms with Crippen LogP contribution in [-0.2, 0) is 14.3 Å². The average molecular weight is 416 g/mol. The van der Waals surface area contributed by atoms with E-state index in [0.29, 0.717) is 41.0 Å². The smallest absolute Gasteiger partial charge is 0.336 e. The topological polar surface area (TPSA) is 98.5 Å². The maximum Gasteiger partial charge on any atom is 0.336 e. The van der Waals surface area contributed by atoms with Crippen LogP contribution in [0.2, 0.25) is 0 Å². The van der Waals surface area contributed by atoms with Crippen molar-refractivity contribution in [2.45, 2.75) is 39.0 Å². The van der Waals surface area contributed by atoms with Crippen LogP contribution in [0.3, 0.4) is 0 Å². The number of hydrogen-bond acceptors (Lipinski definition) is 7. The minimum Gasteiger partial charge on any atom is -0.461 e. The van der Waals surface area contributed by atoms with Gasteiger partial charge in [0.15, 0.2) is 5.78 Å². The number of rotatable bonds is 7. The number of thioether (sulfide) groups is 1. The van der Waals surface area contributed by atoms with Crippen LogP contribution in [-0.4, -0.2) is 34.8 Å². The fourth-order valence-electron chi connectivity index (χ4n) is 3.82. The largest absolute Gasteiger partial charge is 0.461 e. The Morgan fingerprint density at radius 2 is 2.17 bits per heavy atom. The van der Waals surface area contributed by atoms with E-state index in [2.05, 4.69) is 5.32 Å². The van der Waals surface area contributed by atoms with E-state index < -0.39 is 16.8 Å². The Balaban J connectivity index is 2.03. The molecule has 1 N–H and O–H groups in total. The molecule has 1 atom stereocenters. The van der Waals surface area contributed by atoms with Gasteiger partial charge in [-0.1, -0.05) is 19.1 Å². The lowest BCUT2D eigenvalue weighted by atomic mass is 9.75. The number of carbonyl (C=O) groups is 2. The zero-order valence-electron chi connectivity index (χ0n) is 16.5. The van der Waals surface area contributed by atoms with Crippen molar-refractivity contribution in [2.75, 3.05) is 18.1 Å². The van der Waals surface area contributed by atoms with Gasteiger partial charge in [0.05, 0.1) is 10.5 Å². The fourth-order valence-corrected chi connectivity index (χ4v) is 4.31. The van der Waals surface area contributed by atoms with Crippen LogP contribution in [0.4, 0.5) is 5.69 Å². The zero-order valence-corrected chi connectivity index (χ0v) is 17.3. The van der Waals surface area contributed by atoms with Crippen molar-refractivity contribution < 1.29 is 19.2 Å². The van der Waals surface area contributed by atoms with E-state index in [4.69, 9.17) is 4.74 Å². The molecule has 0 bridgehead atoms. The highest BCUT2D eigenvalue weighted by Gasteiger charge is 2.39. The molecule has 0 aromatic heterocycles. The standard InChI is InChI=1S/C21H24N2O5S/c1-3-29-11-10-28-21(25)18-13(2)22-16-8-5-9-17(24)20(16)19(18)14-6-4-7-15(12-14)23(26)27/h4,6-7,12,19,22H,3,5,8-11H2,1-2H3. The normalized spacial score (nSPS) is 19.0. The first-order valence-electron chi connectivity index (χ1n) is 9.67. The second-order valence-corrected chi connectivity index (χ2v) is 8.34. The van der Waals surface area contributed by atoms with Gasteiger partial charge >= 0.3 is 5.97 Å². The number of ketones is 1. The highest BCUT2D eigenvalue weighted by atomic mass is 32.2. The van der Waals surface area contributed by atoms with Gasteiger partial charge < -0.3 is 10.1 Å². The molecule has 1 aliphatic heterocycles. The van der Waals surface area contributed by atoms with Gasteiger partial charge in [-0.25, -0.2) is 4.79 Å². The summed E-state index contributed by atoms with van der Waals surface area (Å²) in [6.07, 6.45) is 1.85. The molecule has 154 valence electrons. The number of allylic oxidation sites excluding steroid dienone is 3. The molecule has 0 amide bonds. The number of ether oxygens (including phenoxy) is 1. The van der Waals surface area contributed by atoms with Crippen LogP contribution >= 0.6 is 11.8 Å². The van der Waals surface area contributed by atoms with Crippen molar-refractivity contribution in [3.8, 4) is 0 Å². The monoisotopic (exact) mass is 416 g/mol. The molecule has 0 saturated carbocycles. The number of benzene rings is 1. The van der Waals surface area contributed by atoms with E-state index in [9.17, 15) is 19.7 Å². The minimum absolute atomic E-state index is 0.0328. The fraction of sp³-hybridized carbons (Fsp3) is 0.429.